The molecule has 0 fully saturated rings. The number of hydrogen-bond donors (Lipinski definition) is 2. The van der Waals surface area contributed by atoms with Crippen molar-refractivity contribution in [3.05, 3.63) is 21.9 Å². The van der Waals surface area contributed by atoms with E-state index < -0.39 is 7.12 Å². The van der Waals surface area contributed by atoms with Crippen LogP contribution in [0.3, 0.4) is 0 Å². The van der Waals surface area contributed by atoms with Crippen LogP contribution < -0.4 is 5.46 Å². The highest BCUT2D eigenvalue weighted by molar-refractivity contribution is 9.10. The van der Waals surface area contributed by atoms with Gasteiger partial charge in [-0.3, -0.25) is 0 Å². The van der Waals surface area contributed by atoms with Crippen molar-refractivity contribution in [2.24, 2.45) is 0 Å². The first kappa shape index (κ1) is 9.00. The summed E-state index contributed by atoms with van der Waals surface area (Å²) >= 11 is 8.67. The summed E-state index contributed by atoms with van der Waals surface area (Å²) in [5.41, 5.74) is 0.189. The van der Waals surface area contributed by atoms with E-state index in [1.54, 1.807) is 6.07 Å². The molecular weight excluding hydrogens is 232 g/mol. The fourth-order valence-electron chi connectivity index (χ4n) is 0.656. The minimum Gasteiger partial charge on any atom is -0.423 e. The predicted octanol–water partition coefficient (Wildman–Crippen LogP) is 0.177. The lowest BCUT2D eigenvalue weighted by Crippen LogP contribution is -2.32. The van der Waals surface area contributed by atoms with Crippen LogP contribution in [-0.4, -0.2) is 22.2 Å². The summed E-state index contributed by atoms with van der Waals surface area (Å²) < 4.78 is 0.535. The quantitative estimate of drug-likeness (QED) is 0.540. The maximum atomic E-state index is 8.79. The van der Waals surface area contributed by atoms with Crippen molar-refractivity contribution in [2.45, 2.75) is 0 Å². The number of nitrogens with zero attached hydrogens (tertiary/aromatic N) is 1. The summed E-state index contributed by atoms with van der Waals surface area (Å²) in [5, 5.41) is 17.7. The standard InChI is InChI=1S/C5H4BBrClNO2/c7-3-1-2-9-5(8)4(3)6(10)11/h1-2,10-11H. The first-order chi connectivity index (χ1) is 5.13. The zero-order chi connectivity index (χ0) is 8.43. The number of halogens is 2. The Morgan fingerprint density at radius 3 is 2.55 bits per heavy atom. The van der Waals surface area contributed by atoms with E-state index in [9.17, 15) is 0 Å². The average Bonchev–Trinajstić information content (AvgIpc) is 1.85. The van der Waals surface area contributed by atoms with Gasteiger partial charge in [0.1, 0.15) is 5.15 Å². The molecule has 2 N–H and O–H groups in total. The Bertz CT molecular complexity index is 250. The molecule has 1 rings (SSSR count). The summed E-state index contributed by atoms with van der Waals surface area (Å²) in [4.78, 5) is 3.68. The number of aromatic nitrogens is 1. The Kier molecular flexibility index (Phi) is 2.89. The zero-order valence-corrected chi connectivity index (χ0v) is 7.67. The lowest BCUT2D eigenvalue weighted by Gasteiger charge is -2.02. The van der Waals surface area contributed by atoms with Gasteiger partial charge in [0, 0.05) is 16.1 Å². The molecule has 1 heterocycles. The molecule has 1 aromatic heterocycles. The van der Waals surface area contributed by atoms with E-state index in [0.717, 1.165) is 0 Å². The van der Waals surface area contributed by atoms with Crippen LogP contribution in [0.25, 0.3) is 0 Å². The number of pyridine rings is 1. The summed E-state index contributed by atoms with van der Waals surface area (Å²) in [5.74, 6) is 0. The summed E-state index contributed by atoms with van der Waals surface area (Å²) in [6.45, 7) is 0. The highest BCUT2D eigenvalue weighted by atomic mass is 79.9. The lowest BCUT2D eigenvalue weighted by molar-refractivity contribution is 0.425. The Balaban J connectivity index is 3.21. The second-order valence-corrected chi connectivity index (χ2v) is 3.08. The van der Waals surface area contributed by atoms with E-state index in [1.165, 1.54) is 6.20 Å². The second kappa shape index (κ2) is 3.54. The van der Waals surface area contributed by atoms with E-state index in [1.807, 2.05) is 0 Å². The van der Waals surface area contributed by atoms with Gasteiger partial charge in [-0.05, 0) is 6.07 Å². The SMILES string of the molecule is OB(O)c1c(Br)ccnc1Cl. The zero-order valence-electron chi connectivity index (χ0n) is 5.33. The fraction of sp³-hybridized carbons (Fsp3) is 0. The fourth-order valence-corrected chi connectivity index (χ4v) is 1.54. The van der Waals surface area contributed by atoms with Crippen LogP contribution in [0, 0.1) is 0 Å². The third-order valence-electron chi connectivity index (χ3n) is 1.15. The van der Waals surface area contributed by atoms with Crippen LogP contribution in [0.15, 0.2) is 16.7 Å². The minimum atomic E-state index is -1.59. The van der Waals surface area contributed by atoms with Crippen molar-refractivity contribution in [1.29, 1.82) is 0 Å². The van der Waals surface area contributed by atoms with Crippen LogP contribution in [0.2, 0.25) is 5.15 Å². The first-order valence-electron chi connectivity index (χ1n) is 2.79. The molecule has 0 saturated heterocycles. The van der Waals surface area contributed by atoms with E-state index >= 15 is 0 Å². The lowest BCUT2D eigenvalue weighted by atomic mass is 9.82. The maximum absolute atomic E-state index is 8.79. The molecule has 1 aromatic rings. The van der Waals surface area contributed by atoms with Gasteiger partial charge in [0.05, 0.1) is 0 Å². The van der Waals surface area contributed by atoms with E-state index in [0.29, 0.717) is 4.47 Å². The molecule has 3 nitrogen and oxygen atoms in total. The van der Waals surface area contributed by atoms with Gasteiger partial charge in [-0.2, -0.15) is 0 Å². The van der Waals surface area contributed by atoms with Crippen LogP contribution in [-0.2, 0) is 0 Å². The maximum Gasteiger partial charge on any atom is 0.492 e. The first-order valence-corrected chi connectivity index (χ1v) is 3.96. The Morgan fingerprint density at radius 2 is 2.18 bits per heavy atom. The second-order valence-electron chi connectivity index (χ2n) is 1.87. The molecule has 0 amide bonds. The van der Waals surface area contributed by atoms with Crippen molar-refractivity contribution in [2.75, 3.05) is 0 Å². The third-order valence-corrected chi connectivity index (χ3v) is 2.14. The Morgan fingerprint density at radius 1 is 1.55 bits per heavy atom. The summed E-state index contributed by atoms with van der Waals surface area (Å²) in [7, 11) is -1.59. The van der Waals surface area contributed by atoms with Crippen molar-refractivity contribution in [1.82, 2.24) is 4.98 Å². The molecule has 58 valence electrons. The highest BCUT2D eigenvalue weighted by Gasteiger charge is 2.18. The smallest absolute Gasteiger partial charge is 0.423 e. The van der Waals surface area contributed by atoms with Crippen LogP contribution in [0.1, 0.15) is 0 Å². The third kappa shape index (κ3) is 1.93. The summed E-state index contributed by atoms with van der Waals surface area (Å²) in [6.07, 6.45) is 1.47. The molecule has 0 radical (unpaired) electrons. The normalized spacial score (nSPS) is 9.82. The molecule has 0 aromatic carbocycles. The van der Waals surface area contributed by atoms with E-state index in [-0.39, 0.29) is 10.6 Å². The highest BCUT2D eigenvalue weighted by Crippen LogP contribution is 2.10. The van der Waals surface area contributed by atoms with Gasteiger partial charge in [-0.1, -0.05) is 27.5 Å². The van der Waals surface area contributed by atoms with Crippen LogP contribution in [0.4, 0.5) is 0 Å². The van der Waals surface area contributed by atoms with E-state index in [4.69, 9.17) is 21.6 Å². The number of hydrogen-bond acceptors (Lipinski definition) is 3. The van der Waals surface area contributed by atoms with Gasteiger partial charge in [0.15, 0.2) is 0 Å². The molecular formula is C5H4BBrClNO2. The van der Waals surface area contributed by atoms with Crippen molar-refractivity contribution >= 4 is 40.1 Å². The Labute approximate surface area is 77.3 Å². The molecule has 0 atom stereocenters. The van der Waals surface area contributed by atoms with Crippen molar-refractivity contribution < 1.29 is 10.0 Å². The van der Waals surface area contributed by atoms with Crippen LogP contribution >= 0.6 is 27.5 Å². The molecule has 0 saturated carbocycles. The monoisotopic (exact) mass is 235 g/mol. The minimum absolute atomic E-state index is 0.0920. The summed E-state index contributed by atoms with van der Waals surface area (Å²) in [6, 6.07) is 1.58. The van der Waals surface area contributed by atoms with E-state index in [2.05, 4.69) is 20.9 Å². The molecule has 0 aliphatic heterocycles. The molecule has 6 heteroatoms. The molecule has 11 heavy (non-hydrogen) atoms. The van der Waals surface area contributed by atoms with Crippen molar-refractivity contribution in [3.63, 3.8) is 0 Å². The average molecular weight is 236 g/mol. The Hall–Kier alpha value is -0.0951. The van der Waals surface area contributed by atoms with Gasteiger partial charge in [-0.25, -0.2) is 4.98 Å². The van der Waals surface area contributed by atoms with Gasteiger partial charge in [-0.15, -0.1) is 0 Å². The predicted molar refractivity (Wildman–Crippen MR) is 46.8 cm³/mol. The topological polar surface area (TPSA) is 53.4 Å². The van der Waals surface area contributed by atoms with Gasteiger partial charge in [0.2, 0.25) is 0 Å². The van der Waals surface area contributed by atoms with Crippen molar-refractivity contribution in [3.8, 4) is 0 Å². The molecule has 0 unspecified atom stereocenters. The van der Waals surface area contributed by atoms with Gasteiger partial charge < -0.3 is 10.0 Å². The molecule has 0 aliphatic carbocycles. The van der Waals surface area contributed by atoms with Gasteiger partial charge >= 0.3 is 7.12 Å². The molecule has 0 bridgehead atoms. The van der Waals surface area contributed by atoms with Crippen LogP contribution in [0.5, 0.6) is 0 Å². The molecule has 0 aliphatic rings. The number of rotatable bonds is 1. The van der Waals surface area contributed by atoms with Gasteiger partial charge in [0.25, 0.3) is 0 Å². The molecule has 0 spiro atoms. The largest absolute Gasteiger partial charge is 0.492 e.